The number of carbonyl (C=O) groups excluding carboxylic acids is 1. The Balaban J connectivity index is 2.08. The zero-order valence-electron chi connectivity index (χ0n) is 9.82. The van der Waals surface area contributed by atoms with Gasteiger partial charge in [-0.1, -0.05) is 0 Å². The van der Waals surface area contributed by atoms with Gasteiger partial charge in [-0.3, -0.25) is 4.79 Å². The molecule has 1 fully saturated rings. The molecule has 1 unspecified atom stereocenters. The molecule has 0 spiro atoms. The molecule has 0 aromatic heterocycles. The second kappa shape index (κ2) is 6.15. The molecule has 6 heteroatoms. The lowest BCUT2D eigenvalue weighted by molar-refractivity contribution is -0.140. The van der Waals surface area contributed by atoms with Crippen LogP contribution >= 0.6 is 0 Å². The van der Waals surface area contributed by atoms with E-state index in [1.54, 1.807) is 0 Å². The molecule has 1 aliphatic heterocycles. The minimum atomic E-state index is -0.550. The van der Waals surface area contributed by atoms with Crippen LogP contribution < -0.4 is 11.1 Å². The Morgan fingerprint density at radius 1 is 1.62 bits per heavy atom. The first-order valence-corrected chi connectivity index (χ1v) is 5.40. The van der Waals surface area contributed by atoms with Gasteiger partial charge in [-0.25, -0.2) is 0 Å². The van der Waals surface area contributed by atoms with Gasteiger partial charge in [-0.15, -0.1) is 0 Å². The van der Waals surface area contributed by atoms with E-state index in [0.29, 0.717) is 26.3 Å². The van der Waals surface area contributed by atoms with E-state index in [4.69, 9.17) is 19.9 Å². The van der Waals surface area contributed by atoms with Crippen molar-refractivity contribution in [2.45, 2.75) is 25.7 Å². The number of carbonyl (C=O) groups is 1. The minimum Gasteiger partial charge on any atom is -0.370 e. The molecule has 1 rings (SSSR count). The highest BCUT2D eigenvalue weighted by molar-refractivity contribution is 5.77. The van der Waals surface area contributed by atoms with Gasteiger partial charge in [-0.05, 0) is 13.8 Å². The van der Waals surface area contributed by atoms with Crippen molar-refractivity contribution in [3.63, 3.8) is 0 Å². The summed E-state index contributed by atoms with van der Waals surface area (Å²) in [4.78, 5) is 11.3. The summed E-state index contributed by atoms with van der Waals surface area (Å²) >= 11 is 0. The van der Waals surface area contributed by atoms with Crippen LogP contribution in [0.4, 0.5) is 0 Å². The molecule has 1 heterocycles. The summed E-state index contributed by atoms with van der Waals surface area (Å²) in [5.74, 6) is -0.715. The van der Waals surface area contributed by atoms with Crippen LogP contribution in [-0.4, -0.2) is 50.7 Å². The lowest BCUT2D eigenvalue weighted by atomic mass is 10.3. The number of hydrogen-bond acceptors (Lipinski definition) is 5. The summed E-state index contributed by atoms with van der Waals surface area (Å²) in [6.07, 6.45) is -0.0894. The number of nitrogens with two attached hydrogens (primary N) is 1. The maximum absolute atomic E-state index is 11.3. The molecular formula is C10H20N2O4. The average molecular weight is 232 g/mol. The molecule has 0 aliphatic carbocycles. The summed E-state index contributed by atoms with van der Waals surface area (Å²) in [7, 11) is 0. The third-order valence-electron chi connectivity index (χ3n) is 2.09. The van der Waals surface area contributed by atoms with Crippen LogP contribution in [0.25, 0.3) is 0 Å². The van der Waals surface area contributed by atoms with E-state index in [1.807, 2.05) is 13.8 Å². The van der Waals surface area contributed by atoms with Gasteiger partial charge in [0.15, 0.2) is 5.79 Å². The Kier molecular flexibility index (Phi) is 5.14. The third kappa shape index (κ3) is 4.89. The Bertz CT molecular complexity index is 233. The van der Waals surface area contributed by atoms with Gasteiger partial charge in [0.1, 0.15) is 12.7 Å². The molecular weight excluding hydrogens is 212 g/mol. The number of ether oxygens (including phenoxy) is 3. The van der Waals surface area contributed by atoms with Gasteiger partial charge in [-0.2, -0.15) is 0 Å². The van der Waals surface area contributed by atoms with Crippen molar-refractivity contribution >= 4 is 5.91 Å². The number of rotatable bonds is 6. The van der Waals surface area contributed by atoms with Gasteiger partial charge in [0.05, 0.1) is 13.2 Å². The summed E-state index contributed by atoms with van der Waals surface area (Å²) in [5.41, 5.74) is 5.22. The van der Waals surface area contributed by atoms with E-state index >= 15 is 0 Å². The van der Waals surface area contributed by atoms with Crippen molar-refractivity contribution in [1.29, 1.82) is 0 Å². The second-order valence-electron chi connectivity index (χ2n) is 4.10. The van der Waals surface area contributed by atoms with Crippen molar-refractivity contribution in [2.75, 3.05) is 32.9 Å². The van der Waals surface area contributed by atoms with Gasteiger partial charge in [0, 0.05) is 13.1 Å². The molecule has 94 valence electrons. The van der Waals surface area contributed by atoms with E-state index in [0.717, 1.165) is 0 Å². The summed E-state index contributed by atoms with van der Waals surface area (Å²) < 4.78 is 15.9. The molecule has 3 N–H and O–H groups in total. The van der Waals surface area contributed by atoms with Crippen LogP contribution in [0.2, 0.25) is 0 Å². The molecule has 0 saturated carbocycles. The van der Waals surface area contributed by atoms with E-state index < -0.39 is 5.79 Å². The van der Waals surface area contributed by atoms with Crippen LogP contribution in [0.1, 0.15) is 13.8 Å². The molecule has 1 atom stereocenters. The molecule has 0 bridgehead atoms. The molecule has 1 aliphatic rings. The summed E-state index contributed by atoms with van der Waals surface area (Å²) in [6.45, 7) is 5.47. The lowest BCUT2D eigenvalue weighted by Gasteiger charge is -2.17. The molecule has 1 amide bonds. The Morgan fingerprint density at radius 3 is 2.94 bits per heavy atom. The maximum atomic E-state index is 11.3. The lowest BCUT2D eigenvalue weighted by Crippen LogP contribution is -2.36. The number of nitrogens with one attached hydrogen (secondary N) is 1. The molecule has 0 aromatic rings. The highest BCUT2D eigenvalue weighted by Gasteiger charge is 2.32. The van der Waals surface area contributed by atoms with Gasteiger partial charge >= 0.3 is 0 Å². The number of amides is 1. The highest BCUT2D eigenvalue weighted by Crippen LogP contribution is 2.21. The Hall–Kier alpha value is -0.690. The zero-order chi connectivity index (χ0) is 12.0. The van der Waals surface area contributed by atoms with E-state index in [-0.39, 0.29) is 18.6 Å². The molecule has 0 radical (unpaired) electrons. The van der Waals surface area contributed by atoms with Crippen LogP contribution in [0.15, 0.2) is 0 Å². The normalized spacial score (nSPS) is 23.3. The van der Waals surface area contributed by atoms with Crippen LogP contribution in [-0.2, 0) is 19.0 Å². The van der Waals surface area contributed by atoms with E-state index in [9.17, 15) is 4.79 Å². The van der Waals surface area contributed by atoms with Crippen molar-refractivity contribution in [2.24, 2.45) is 5.73 Å². The van der Waals surface area contributed by atoms with Crippen molar-refractivity contribution < 1.29 is 19.0 Å². The van der Waals surface area contributed by atoms with Crippen molar-refractivity contribution in [3.8, 4) is 0 Å². The predicted octanol–water partition coefficient (Wildman–Crippen LogP) is -0.771. The minimum absolute atomic E-state index is 0.0359. The van der Waals surface area contributed by atoms with Crippen LogP contribution in [0.5, 0.6) is 0 Å². The standard InChI is InChI=1S/C10H20N2O4/c1-10(2)15-6-8(16-10)5-12-9(13)7-14-4-3-11/h8H,3-7,11H2,1-2H3,(H,12,13). The zero-order valence-corrected chi connectivity index (χ0v) is 9.82. The van der Waals surface area contributed by atoms with E-state index in [2.05, 4.69) is 5.32 Å². The largest absolute Gasteiger partial charge is 0.370 e. The van der Waals surface area contributed by atoms with Gasteiger partial charge < -0.3 is 25.3 Å². The first-order chi connectivity index (χ1) is 7.53. The fourth-order valence-corrected chi connectivity index (χ4v) is 1.39. The topological polar surface area (TPSA) is 82.8 Å². The summed E-state index contributed by atoms with van der Waals surface area (Å²) in [5, 5.41) is 2.71. The first kappa shape index (κ1) is 13.4. The first-order valence-electron chi connectivity index (χ1n) is 5.40. The Labute approximate surface area is 95.4 Å². The molecule has 16 heavy (non-hydrogen) atoms. The third-order valence-corrected chi connectivity index (χ3v) is 2.09. The fourth-order valence-electron chi connectivity index (χ4n) is 1.39. The predicted molar refractivity (Wildman–Crippen MR) is 57.8 cm³/mol. The van der Waals surface area contributed by atoms with Crippen LogP contribution in [0.3, 0.4) is 0 Å². The van der Waals surface area contributed by atoms with Crippen molar-refractivity contribution in [1.82, 2.24) is 5.32 Å². The fraction of sp³-hybridized carbons (Fsp3) is 0.900. The molecule has 0 aromatic carbocycles. The average Bonchev–Trinajstić information content (AvgIpc) is 2.56. The molecule has 1 saturated heterocycles. The van der Waals surface area contributed by atoms with Gasteiger partial charge in [0.2, 0.25) is 5.91 Å². The van der Waals surface area contributed by atoms with Crippen LogP contribution in [0, 0.1) is 0 Å². The van der Waals surface area contributed by atoms with Crippen molar-refractivity contribution in [3.05, 3.63) is 0 Å². The van der Waals surface area contributed by atoms with E-state index in [1.165, 1.54) is 0 Å². The number of hydrogen-bond donors (Lipinski definition) is 2. The maximum Gasteiger partial charge on any atom is 0.246 e. The smallest absolute Gasteiger partial charge is 0.246 e. The highest BCUT2D eigenvalue weighted by atomic mass is 16.7. The Morgan fingerprint density at radius 2 is 2.38 bits per heavy atom. The second-order valence-corrected chi connectivity index (χ2v) is 4.10. The summed E-state index contributed by atoms with van der Waals surface area (Å²) in [6, 6.07) is 0. The monoisotopic (exact) mass is 232 g/mol. The molecule has 6 nitrogen and oxygen atoms in total. The quantitative estimate of drug-likeness (QED) is 0.588. The SMILES string of the molecule is CC1(C)OCC(CNC(=O)COCCN)O1. The van der Waals surface area contributed by atoms with Gasteiger partial charge in [0.25, 0.3) is 0 Å².